The summed E-state index contributed by atoms with van der Waals surface area (Å²) in [5.41, 5.74) is 5.09. The lowest BCUT2D eigenvalue weighted by Gasteiger charge is -2.39. The van der Waals surface area contributed by atoms with Crippen LogP contribution in [-0.2, 0) is 4.79 Å². The molecule has 1 aliphatic heterocycles. The van der Waals surface area contributed by atoms with Crippen LogP contribution in [0.2, 0.25) is 0 Å². The van der Waals surface area contributed by atoms with Gasteiger partial charge in [0.2, 0.25) is 5.91 Å². The molecular formula is C10H19N3O. The van der Waals surface area contributed by atoms with Crippen LogP contribution in [-0.4, -0.2) is 42.5 Å². The van der Waals surface area contributed by atoms with Crippen molar-refractivity contribution in [3.63, 3.8) is 0 Å². The molecule has 2 aliphatic rings. The second kappa shape index (κ2) is 3.51. The third-order valence-corrected chi connectivity index (χ3v) is 3.37. The standard InChI is InChI=1S/C10H19N3O/c1-13-6-4-10(5-7-13,9(11)14)12-8-2-3-8/h8,12H,2-7H2,1H3,(H2,11,14). The predicted octanol–water partition coefficient (Wildman–Crippen LogP) is -0.312. The predicted molar refractivity (Wildman–Crippen MR) is 54.8 cm³/mol. The fraction of sp³-hybridized carbons (Fsp3) is 0.900. The average molecular weight is 197 g/mol. The Morgan fingerprint density at radius 2 is 2.00 bits per heavy atom. The fourth-order valence-electron chi connectivity index (χ4n) is 2.08. The molecule has 0 aromatic heterocycles. The van der Waals surface area contributed by atoms with E-state index in [1.54, 1.807) is 0 Å². The van der Waals surface area contributed by atoms with Gasteiger partial charge in [0.15, 0.2) is 0 Å². The Bertz CT molecular complexity index is 230. The molecule has 1 heterocycles. The van der Waals surface area contributed by atoms with Gasteiger partial charge in [0.1, 0.15) is 5.54 Å². The Hall–Kier alpha value is -0.610. The van der Waals surface area contributed by atoms with Crippen molar-refractivity contribution in [1.82, 2.24) is 10.2 Å². The number of primary amides is 1. The van der Waals surface area contributed by atoms with Crippen LogP contribution in [0.15, 0.2) is 0 Å². The molecule has 14 heavy (non-hydrogen) atoms. The number of nitrogens with one attached hydrogen (secondary N) is 1. The van der Waals surface area contributed by atoms with E-state index in [2.05, 4.69) is 17.3 Å². The molecule has 4 nitrogen and oxygen atoms in total. The van der Waals surface area contributed by atoms with E-state index in [-0.39, 0.29) is 5.91 Å². The number of carbonyl (C=O) groups excluding carboxylic acids is 1. The van der Waals surface area contributed by atoms with Crippen molar-refractivity contribution in [2.45, 2.75) is 37.3 Å². The minimum Gasteiger partial charge on any atom is -0.368 e. The lowest BCUT2D eigenvalue weighted by Crippen LogP contribution is -2.61. The molecule has 0 aromatic carbocycles. The van der Waals surface area contributed by atoms with Crippen LogP contribution in [0.1, 0.15) is 25.7 Å². The van der Waals surface area contributed by atoms with Crippen molar-refractivity contribution in [1.29, 1.82) is 0 Å². The van der Waals surface area contributed by atoms with Crippen molar-refractivity contribution < 1.29 is 4.79 Å². The fourth-order valence-corrected chi connectivity index (χ4v) is 2.08. The quantitative estimate of drug-likeness (QED) is 0.652. The van der Waals surface area contributed by atoms with Crippen molar-refractivity contribution in [3.8, 4) is 0 Å². The Morgan fingerprint density at radius 3 is 2.43 bits per heavy atom. The topological polar surface area (TPSA) is 58.4 Å². The van der Waals surface area contributed by atoms with Gasteiger partial charge in [-0.2, -0.15) is 0 Å². The average Bonchev–Trinajstić information content (AvgIpc) is 2.93. The normalized spacial score (nSPS) is 27.5. The molecule has 0 atom stereocenters. The van der Waals surface area contributed by atoms with E-state index in [1.165, 1.54) is 12.8 Å². The highest BCUT2D eigenvalue weighted by Gasteiger charge is 2.42. The van der Waals surface area contributed by atoms with Crippen molar-refractivity contribution in [2.24, 2.45) is 5.73 Å². The SMILES string of the molecule is CN1CCC(NC2CC2)(C(N)=O)CC1. The van der Waals surface area contributed by atoms with E-state index >= 15 is 0 Å². The molecule has 0 aromatic rings. The molecule has 4 heteroatoms. The van der Waals surface area contributed by atoms with E-state index in [0.29, 0.717) is 6.04 Å². The smallest absolute Gasteiger partial charge is 0.237 e. The Kier molecular flexibility index (Phi) is 2.49. The molecule has 1 aliphatic carbocycles. The first-order chi connectivity index (χ1) is 6.62. The van der Waals surface area contributed by atoms with E-state index in [4.69, 9.17) is 5.73 Å². The lowest BCUT2D eigenvalue weighted by molar-refractivity contribution is -0.126. The Balaban J connectivity index is 2.01. The van der Waals surface area contributed by atoms with Crippen LogP contribution in [0, 0.1) is 0 Å². The van der Waals surface area contributed by atoms with Gasteiger partial charge in [-0.05, 0) is 32.7 Å². The summed E-state index contributed by atoms with van der Waals surface area (Å²) in [6.07, 6.45) is 4.11. The second-order valence-electron chi connectivity index (χ2n) is 4.67. The molecule has 2 rings (SSSR count). The van der Waals surface area contributed by atoms with Crippen LogP contribution in [0.3, 0.4) is 0 Å². The van der Waals surface area contributed by atoms with E-state index < -0.39 is 5.54 Å². The van der Waals surface area contributed by atoms with Crippen LogP contribution >= 0.6 is 0 Å². The molecule has 1 saturated heterocycles. The summed E-state index contributed by atoms with van der Waals surface area (Å²) in [5, 5.41) is 3.43. The first-order valence-corrected chi connectivity index (χ1v) is 5.38. The van der Waals surface area contributed by atoms with Crippen molar-refractivity contribution in [3.05, 3.63) is 0 Å². The molecule has 3 N–H and O–H groups in total. The van der Waals surface area contributed by atoms with Gasteiger partial charge in [0.05, 0.1) is 0 Å². The second-order valence-corrected chi connectivity index (χ2v) is 4.67. The number of likely N-dealkylation sites (tertiary alicyclic amines) is 1. The van der Waals surface area contributed by atoms with Gasteiger partial charge >= 0.3 is 0 Å². The van der Waals surface area contributed by atoms with Crippen LogP contribution in [0.25, 0.3) is 0 Å². The molecule has 0 bridgehead atoms. The summed E-state index contributed by atoms with van der Waals surface area (Å²) in [6, 6.07) is 0.547. The van der Waals surface area contributed by atoms with E-state index in [9.17, 15) is 4.79 Å². The maximum Gasteiger partial charge on any atom is 0.237 e. The van der Waals surface area contributed by atoms with Crippen LogP contribution in [0.4, 0.5) is 0 Å². The lowest BCUT2D eigenvalue weighted by atomic mass is 9.86. The maximum absolute atomic E-state index is 11.5. The van der Waals surface area contributed by atoms with Gasteiger partial charge in [-0.15, -0.1) is 0 Å². The molecule has 1 saturated carbocycles. The number of hydrogen-bond acceptors (Lipinski definition) is 3. The van der Waals surface area contributed by atoms with Gasteiger partial charge in [-0.3, -0.25) is 4.79 Å². The summed E-state index contributed by atoms with van der Waals surface area (Å²) >= 11 is 0. The number of rotatable bonds is 3. The molecule has 2 fully saturated rings. The largest absolute Gasteiger partial charge is 0.368 e. The number of nitrogens with two attached hydrogens (primary N) is 1. The summed E-state index contributed by atoms with van der Waals surface area (Å²) < 4.78 is 0. The highest BCUT2D eigenvalue weighted by atomic mass is 16.1. The highest BCUT2D eigenvalue weighted by Crippen LogP contribution is 2.28. The van der Waals surface area contributed by atoms with Crippen molar-refractivity contribution in [2.75, 3.05) is 20.1 Å². The zero-order valence-electron chi connectivity index (χ0n) is 8.75. The number of piperidine rings is 1. The minimum atomic E-state index is -0.409. The minimum absolute atomic E-state index is 0.169. The molecule has 1 amide bonds. The van der Waals surface area contributed by atoms with Gasteiger partial charge < -0.3 is 16.0 Å². The number of carbonyl (C=O) groups is 1. The molecule has 0 spiro atoms. The molecule has 0 unspecified atom stereocenters. The molecule has 0 radical (unpaired) electrons. The summed E-state index contributed by atoms with van der Waals surface area (Å²) in [5.74, 6) is -0.169. The summed E-state index contributed by atoms with van der Waals surface area (Å²) in [4.78, 5) is 13.7. The number of amides is 1. The van der Waals surface area contributed by atoms with Gasteiger partial charge in [0, 0.05) is 19.1 Å². The van der Waals surface area contributed by atoms with E-state index in [0.717, 1.165) is 25.9 Å². The van der Waals surface area contributed by atoms with E-state index in [1.807, 2.05) is 0 Å². The first kappa shape index (κ1) is 9.93. The zero-order valence-corrected chi connectivity index (χ0v) is 8.75. The Morgan fingerprint density at radius 1 is 1.43 bits per heavy atom. The molecule has 80 valence electrons. The van der Waals surface area contributed by atoms with Gasteiger partial charge in [-0.25, -0.2) is 0 Å². The third kappa shape index (κ3) is 1.91. The van der Waals surface area contributed by atoms with Gasteiger partial charge in [0.25, 0.3) is 0 Å². The van der Waals surface area contributed by atoms with Crippen LogP contribution in [0.5, 0.6) is 0 Å². The number of hydrogen-bond donors (Lipinski definition) is 2. The highest BCUT2D eigenvalue weighted by molar-refractivity contribution is 5.85. The third-order valence-electron chi connectivity index (χ3n) is 3.37. The monoisotopic (exact) mass is 197 g/mol. The summed E-state index contributed by atoms with van der Waals surface area (Å²) in [6.45, 7) is 1.92. The van der Waals surface area contributed by atoms with Crippen molar-refractivity contribution >= 4 is 5.91 Å². The first-order valence-electron chi connectivity index (χ1n) is 5.38. The van der Waals surface area contributed by atoms with Crippen LogP contribution < -0.4 is 11.1 Å². The molecular weight excluding hydrogens is 178 g/mol. The Labute approximate surface area is 84.8 Å². The van der Waals surface area contributed by atoms with Gasteiger partial charge in [-0.1, -0.05) is 0 Å². The summed E-state index contributed by atoms with van der Waals surface area (Å²) in [7, 11) is 2.09. The zero-order chi connectivity index (χ0) is 10.2. The maximum atomic E-state index is 11.5. The number of nitrogens with zero attached hydrogens (tertiary/aromatic N) is 1.